The number of carbonyl (C=O) groups is 2. The van der Waals surface area contributed by atoms with Gasteiger partial charge in [0.1, 0.15) is 5.82 Å². The molecule has 31 heavy (non-hydrogen) atoms. The molecule has 9 heteroatoms. The number of nitrogens with one attached hydrogen (secondary N) is 3. The molecule has 2 aliphatic heterocycles. The van der Waals surface area contributed by atoms with Crippen LogP contribution >= 0.6 is 11.6 Å². The van der Waals surface area contributed by atoms with Gasteiger partial charge in [-0.15, -0.1) is 0 Å². The third-order valence-electron chi connectivity index (χ3n) is 5.86. The fraction of sp³-hybridized carbons (Fsp3) is 0.455. The molecule has 0 spiro atoms. The zero-order valence-corrected chi connectivity index (χ0v) is 18.5. The summed E-state index contributed by atoms with van der Waals surface area (Å²) < 4.78 is 0. The number of hydrogen-bond donors (Lipinski definition) is 3. The standard InChI is InChI=1S/C22H26ClN5O3/c1-11-6-12(2)10-28(9-11)22-26-19-18(21(31)27-22)15(8-17(29)25-19)20(30)24-14-5-4-13(3)16(23)7-14/h4-5,7,11-12,15H,6,8-10H2,1-3H3,(H,24,30)(H2,25,26,27,29,31)/t11-,12-,15+/m0/s1. The fourth-order valence-corrected chi connectivity index (χ4v) is 4.65. The van der Waals surface area contributed by atoms with E-state index in [1.165, 1.54) is 0 Å². The average molecular weight is 444 g/mol. The molecule has 1 fully saturated rings. The van der Waals surface area contributed by atoms with Gasteiger partial charge in [0.05, 0.1) is 11.5 Å². The minimum Gasteiger partial charge on any atom is -0.342 e. The van der Waals surface area contributed by atoms with Crippen molar-refractivity contribution in [3.05, 3.63) is 44.7 Å². The number of carbonyl (C=O) groups excluding carboxylic acids is 2. The third-order valence-corrected chi connectivity index (χ3v) is 6.27. The molecule has 0 unspecified atom stereocenters. The van der Waals surface area contributed by atoms with Gasteiger partial charge in [-0.1, -0.05) is 31.5 Å². The second-order valence-electron chi connectivity index (χ2n) is 8.76. The lowest BCUT2D eigenvalue weighted by Crippen LogP contribution is -2.42. The average Bonchev–Trinajstić information content (AvgIpc) is 2.69. The molecular weight excluding hydrogens is 418 g/mol. The molecule has 1 aromatic heterocycles. The van der Waals surface area contributed by atoms with Gasteiger partial charge in [0.2, 0.25) is 17.8 Å². The minimum absolute atomic E-state index is 0.125. The number of amides is 2. The quantitative estimate of drug-likeness (QED) is 0.674. The predicted molar refractivity (Wildman–Crippen MR) is 121 cm³/mol. The lowest BCUT2D eigenvalue weighted by Gasteiger charge is -2.35. The number of piperidine rings is 1. The van der Waals surface area contributed by atoms with Crippen molar-refractivity contribution in [1.82, 2.24) is 9.97 Å². The van der Waals surface area contributed by atoms with Crippen molar-refractivity contribution in [3.63, 3.8) is 0 Å². The summed E-state index contributed by atoms with van der Waals surface area (Å²) in [5.74, 6) is -0.209. The molecule has 0 bridgehead atoms. The Morgan fingerprint density at radius 1 is 1.23 bits per heavy atom. The molecule has 4 rings (SSSR count). The number of nitrogens with zero attached hydrogens (tertiary/aromatic N) is 2. The Labute approximate surface area is 185 Å². The molecule has 0 aliphatic carbocycles. The number of aryl methyl sites for hydroxylation is 1. The summed E-state index contributed by atoms with van der Waals surface area (Å²) >= 11 is 6.14. The number of anilines is 3. The topological polar surface area (TPSA) is 107 Å². The first-order valence-electron chi connectivity index (χ1n) is 10.5. The van der Waals surface area contributed by atoms with E-state index in [0.29, 0.717) is 28.5 Å². The van der Waals surface area contributed by atoms with Gasteiger partial charge in [-0.2, -0.15) is 4.98 Å². The second kappa shape index (κ2) is 8.34. The van der Waals surface area contributed by atoms with E-state index in [2.05, 4.69) is 34.4 Å². The van der Waals surface area contributed by atoms with Crippen LogP contribution < -0.4 is 21.1 Å². The van der Waals surface area contributed by atoms with Crippen molar-refractivity contribution < 1.29 is 9.59 Å². The number of hydrogen-bond acceptors (Lipinski definition) is 5. The summed E-state index contributed by atoms with van der Waals surface area (Å²) in [5.41, 5.74) is 1.16. The van der Waals surface area contributed by atoms with E-state index >= 15 is 0 Å². The van der Waals surface area contributed by atoms with Gasteiger partial charge in [-0.3, -0.25) is 19.4 Å². The maximum absolute atomic E-state index is 13.0. The van der Waals surface area contributed by atoms with Crippen molar-refractivity contribution in [2.45, 2.75) is 39.5 Å². The van der Waals surface area contributed by atoms with E-state index in [4.69, 9.17) is 11.6 Å². The molecule has 0 saturated carbocycles. The van der Waals surface area contributed by atoms with Gasteiger partial charge in [-0.25, -0.2) is 0 Å². The molecule has 2 aromatic rings. The van der Waals surface area contributed by atoms with Crippen molar-refractivity contribution in [1.29, 1.82) is 0 Å². The first-order chi connectivity index (χ1) is 14.7. The summed E-state index contributed by atoms with van der Waals surface area (Å²) in [6.45, 7) is 7.75. The molecule has 0 radical (unpaired) electrons. The SMILES string of the molecule is Cc1ccc(NC(=O)[C@@H]2CC(=O)Nc3nc(N4C[C@@H](C)C[C@H](C)C4)[nH]c(=O)c32)cc1Cl. The van der Waals surface area contributed by atoms with Crippen molar-refractivity contribution in [3.8, 4) is 0 Å². The molecule has 3 atom stereocenters. The van der Waals surface area contributed by atoms with Gasteiger partial charge in [0.25, 0.3) is 5.56 Å². The molecule has 2 aliphatic rings. The highest BCUT2D eigenvalue weighted by Crippen LogP contribution is 2.32. The van der Waals surface area contributed by atoms with Gasteiger partial charge >= 0.3 is 0 Å². The van der Waals surface area contributed by atoms with Crippen LogP contribution in [0.15, 0.2) is 23.0 Å². The summed E-state index contributed by atoms with van der Waals surface area (Å²) in [7, 11) is 0. The molecule has 2 amide bonds. The first-order valence-corrected chi connectivity index (χ1v) is 10.8. The van der Waals surface area contributed by atoms with E-state index in [9.17, 15) is 14.4 Å². The number of rotatable bonds is 3. The number of benzene rings is 1. The highest BCUT2D eigenvalue weighted by molar-refractivity contribution is 6.31. The number of aromatic nitrogens is 2. The van der Waals surface area contributed by atoms with Crippen LogP contribution in [0.5, 0.6) is 0 Å². The van der Waals surface area contributed by atoms with Gasteiger partial charge in [-0.05, 0) is 42.9 Å². The maximum Gasteiger partial charge on any atom is 0.258 e. The van der Waals surface area contributed by atoms with Gasteiger partial charge in [0.15, 0.2) is 0 Å². The zero-order valence-electron chi connectivity index (χ0n) is 17.8. The third kappa shape index (κ3) is 4.44. The molecule has 3 heterocycles. The van der Waals surface area contributed by atoms with Crippen LogP contribution in [0.4, 0.5) is 17.5 Å². The Morgan fingerprint density at radius 3 is 2.61 bits per heavy atom. The molecule has 8 nitrogen and oxygen atoms in total. The van der Waals surface area contributed by atoms with Gasteiger partial charge < -0.3 is 15.5 Å². The maximum atomic E-state index is 13.0. The van der Waals surface area contributed by atoms with E-state index in [1.54, 1.807) is 18.2 Å². The Hall–Kier alpha value is -2.87. The van der Waals surface area contributed by atoms with Crippen molar-refractivity contribution >= 4 is 40.9 Å². The van der Waals surface area contributed by atoms with Crippen LogP contribution in [-0.2, 0) is 9.59 Å². The molecule has 3 N–H and O–H groups in total. The van der Waals surface area contributed by atoms with E-state index in [-0.39, 0.29) is 23.7 Å². The molecule has 164 valence electrons. The Kier molecular flexibility index (Phi) is 5.75. The summed E-state index contributed by atoms with van der Waals surface area (Å²) in [4.78, 5) is 47.7. The summed E-state index contributed by atoms with van der Waals surface area (Å²) in [5, 5.41) is 5.96. The lowest BCUT2D eigenvalue weighted by molar-refractivity contribution is -0.123. The lowest BCUT2D eigenvalue weighted by atomic mass is 9.91. The summed E-state index contributed by atoms with van der Waals surface area (Å²) in [6, 6.07) is 5.16. The number of halogens is 1. The van der Waals surface area contributed by atoms with Crippen molar-refractivity contribution in [2.24, 2.45) is 11.8 Å². The van der Waals surface area contributed by atoms with Crippen LogP contribution in [-0.4, -0.2) is 34.9 Å². The molecule has 1 aromatic carbocycles. The Bertz CT molecular complexity index is 1090. The monoisotopic (exact) mass is 443 g/mol. The highest BCUT2D eigenvalue weighted by atomic mass is 35.5. The van der Waals surface area contributed by atoms with Crippen LogP contribution in [0.3, 0.4) is 0 Å². The molecule has 1 saturated heterocycles. The predicted octanol–water partition coefficient (Wildman–Crippen LogP) is 3.28. The first kappa shape index (κ1) is 21.4. The van der Waals surface area contributed by atoms with Crippen LogP contribution in [0.1, 0.15) is 43.7 Å². The molecular formula is C22H26ClN5O3. The second-order valence-corrected chi connectivity index (χ2v) is 9.17. The Morgan fingerprint density at radius 2 is 1.94 bits per heavy atom. The largest absolute Gasteiger partial charge is 0.342 e. The minimum atomic E-state index is -0.937. The van der Waals surface area contributed by atoms with Gasteiger partial charge in [0, 0.05) is 30.2 Å². The van der Waals surface area contributed by atoms with Crippen LogP contribution in [0, 0.1) is 18.8 Å². The van der Waals surface area contributed by atoms with Crippen molar-refractivity contribution in [2.75, 3.05) is 28.6 Å². The summed E-state index contributed by atoms with van der Waals surface area (Å²) in [6.07, 6.45) is 0.994. The fourth-order valence-electron chi connectivity index (χ4n) is 4.47. The number of H-pyrrole nitrogens is 1. The highest BCUT2D eigenvalue weighted by Gasteiger charge is 2.35. The van der Waals surface area contributed by atoms with Crippen LogP contribution in [0.25, 0.3) is 0 Å². The van der Waals surface area contributed by atoms with Crippen LogP contribution in [0.2, 0.25) is 5.02 Å². The van der Waals surface area contributed by atoms with E-state index in [0.717, 1.165) is 25.1 Å². The number of aromatic amines is 1. The van der Waals surface area contributed by atoms with E-state index in [1.807, 2.05) is 11.8 Å². The zero-order chi connectivity index (χ0) is 22.3. The Balaban J connectivity index is 1.64. The normalized spacial score (nSPS) is 23.2. The van der Waals surface area contributed by atoms with E-state index < -0.39 is 17.4 Å². The number of fused-ring (bicyclic) bond motifs is 1. The smallest absolute Gasteiger partial charge is 0.258 e.